The highest BCUT2D eigenvalue weighted by molar-refractivity contribution is 5.85. The van der Waals surface area contributed by atoms with Crippen LogP contribution in [0.1, 0.15) is 50.8 Å². The van der Waals surface area contributed by atoms with Crippen LogP contribution in [0.2, 0.25) is 0 Å². The number of nitrogen functional groups attached to an aromatic ring is 1. The quantitative estimate of drug-likeness (QED) is 0.727. The molecule has 8 heteroatoms. The van der Waals surface area contributed by atoms with Crippen LogP contribution in [0.3, 0.4) is 0 Å². The van der Waals surface area contributed by atoms with Gasteiger partial charge >= 0.3 is 0 Å². The molecule has 3 rings (SSSR count). The summed E-state index contributed by atoms with van der Waals surface area (Å²) in [4.78, 5) is 37.0. The Morgan fingerprint density at radius 1 is 1.29 bits per heavy atom. The molecule has 2 aliphatic rings. The Balaban J connectivity index is 1.39. The van der Waals surface area contributed by atoms with Crippen molar-refractivity contribution in [3.63, 3.8) is 0 Å². The Labute approximate surface area is 166 Å². The molecule has 1 saturated heterocycles. The Morgan fingerprint density at radius 3 is 2.82 bits per heavy atom. The fourth-order valence-corrected chi connectivity index (χ4v) is 4.18. The molecule has 154 valence electrons. The van der Waals surface area contributed by atoms with E-state index >= 15 is 0 Å². The molecule has 28 heavy (non-hydrogen) atoms. The van der Waals surface area contributed by atoms with Crippen molar-refractivity contribution in [1.29, 1.82) is 0 Å². The number of carbonyl (C=O) groups is 2. The normalized spacial score (nSPS) is 20.5. The van der Waals surface area contributed by atoms with Gasteiger partial charge in [-0.15, -0.1) is 0 Å². The fourth-order valence-electron chi connectivity index (χ4n) is 4.18. The lowest BCUT2D eigenvalue weighted by Crippen LogP contribution is -2.41. The van der Waals surface area contributed by atoms with E-state index in [4.69, 9.17) is 5.73 Å². The summed E-state index contributed by atoms with van der Waals surface area (Å²) in [5.41, 5.74) is 5.71. The topological polar surface area (TPSA) is 104 Å². The van der Waals surface area contributed by atoms with Crippen molar-refractivity contribution < 1.29 is 9.59 Å². The summed E-state index contributed by atoms with van der Waals surface area (Å²) in [5.74, 6) is 1.63. The Bertz CT molecular complexity index is 676. The van der Waals surface area contributed by atoms with E-state index in [9.17, 15) is 9.59 Å². The Hall–Kier alpha value is -2.22. The number of aromatic nitrogens is 2. The van der Waals surface area contributed by atoms with Crippen molar-refractivity contribution in [3.8, 4) is 0 Å². The number of nitrogens with zero attached hydrogens (tertiary/aromatic N) is 4. The van der Waals surface area contributed by atoms with E-state index in [1.54, 1.807) is 12.3 Å². The lowest BCUT2D eigenvalue weighted by atomic mass is 9.87. The van der Waals surface area contributed by atoms with Crippen LogP contribution >= 0.6 is 0 Å². The minimum atomic E-state index is -0.00639. The molecule has 0 aromatic carbocycles. The summed E-state index contributed by atoms with van der Waals surface area (Å²) >= 11 is 0. The molecule has 0 bridgehead atoms. The van der Waals surface area contributed by atoms with Crippen molar-refractivity contribution in [2.75, 3.05) is 32.4 Å². The van der Waals surface area contributed by atoms with Gasteiger partial charge in [-0.1, -0.05) is 19.3 Å². The number of rotatable bonds is 7. The number of hydrogen-bond acceptors (Lipinski definition) is 6. The van der Waals surface area contributed by atoms with E-state index in [-0.39, 0.29) is 24.4 Å². The summed E-state index contributed by atoms with van der Waals surface area (Å²) in [6, 6.07) is 1.93. The number of carbonyl (C=O) groups excluding carboxylic acids is 2. The molecule has 0 unspecified atom stereocenters. The fraction of sp³-hybridized carbons (Fsp3) is 0.700. The van der Waals surface area contributed by atoms with Gasteiger partial charge in [0.1, 0.15) is 11.6 Å². The van der Waals surface area contributed by atoms with Gasteiger partial charge in [0.2, 0.25) is 11.8 Å². The van der Waals surface area contributed by atoms with E-state index in [0.717, 1.165) is 19.3 Å². The van der Waals surface area contributed by atoms with Crippen molar-refractivity contribution in [2.45, 2.75) is 57.5 Å². The van der Waals surface area contributed by atoms with Crippen LogP contribution < -0.4 is 11.1 Å². The third-order valence-corrected chi connectivity index (χ3v) is 5.89. The zero-order valence-corrected chi connectivity index (χ0v) is 16.8. The molecular weight excluding hydrogens is 356 g/mol. The monoisotopic (exact) mass is 388 g/mol. The van der Waals surface area contributed by atoms with Gasteiger partial charge in [0.05, 0.1) is 13.1 Å². The van der Waals surface area contributed by atoms with Gasteiger partial charge in [0.25, 0.3) is 0 Å². The molecule has 0 spiro atoms. The lowest BCUT2D eigenvalue weighted by molar-refractivity contribution is -0.132. The van der Waals surface area contributed by atoms with Crippen LogP contribution in [-0.2, 0) is 16.1 Å². The third kappa shape index (κ3) is 5.89. The maximum Gasteiger partial charge on any atom is 0.242 e. The first-order valence-corrected chi connectivity index (χ1v) is 10.3. The minimum Gasteiger partial charge on any atom is -0.384 e. The number of anilines is 1. The Kier molecular flexibility index (Phi) is 7.19. The highest BCUT2D eigenvalue weighted by Gasteiger charge is 2.29. The molecule has 2 heterocycles. The van der Waals surface area contributed by atoms with Gasteiger partial charge in [-0.3, -0.25) is 14.5 Å². The maximum atomic E-state index is 12.5. The van der Waals surface area contributed by atoms with Gasteiger partial charge in [0.15, 0.2) is 0 Å². The highest BCUT2D eigenvalue weighted by atomic mass is 16.2. The van der Waals surface area contributed by atoms with E-state index in [0.29, 0.717) is 43.6 Å². The van der Waals surface area contributed by atoms with Crippen LogP contribution in [-0.4, -0.2) is 64.3 Å². The van der Waals surface area contributed by atoms with Gasteiger partial charge < -0.3 is 16.0 Å². The first-order valence-electron chi connectivity index (χ1n) is 10.3. The first-order chi connectivity index (χ1) is 13.5. The second-order valence-electron chi connectivity index (χ2n) is 8.08. The number of nitrogens with two attached hydrogens (primary N) is 1. The summed E-state index contributed by atoms with van der Waals surface area (Å²) in [6.07, 6.45) is 9.12. The van der Waals surface area contributed by atoms with Crippen molar-refractivity contribution in [2.24, 2.45) is 5.92 Å². The molecule has 3 N–H and O–H groups in total. The summed E-state index contributed by atoms with van der Waals surface area (Å²) < 4.78 is 0. The number of nitrogens with one attached hydrogen (secondary N) is 1. The molecule has 0 radical (unpaired) electrons. The molecule has 2 fully saturated rings. The van der Waals surface area contributed by atoms with Crippen LogP contribution in [0, 0.1) is 5.92 Å². The molecule has 8 nitrogen and oxygen atoms in total. The average Bonchev–Trinajstić information content (AvgIpc) is 3.17. The molecule has 1 atom stereocenters. The molecule has 1 aromatic heterocycles. The SMILES string of the molecule is CN(Cc1nccc(N)n1)[C@@H]1CCN(C(=O)CNC(=O)CC2CCCCC2)C1. The summed E-state index contributed by atoms with van der Waals surface area (Å²) in [7, 11) is 2.01. The molecule has 1 saturated carbocycles. The smallest absolute Gasteiger partial charge is 0.242 e. The number of likely N-dealkylation sites (N-methyl/N-ethyl adjacent to an activating group) is 1. The average molecular weight is 389 g/mol. The molecular formula is C20H32N6O2. The van der Waals surface area contributed by atoms with Crippen molar-refractivity contribution >= 4 is 17.6 Å². The zero-order valence-electron chi connectivity index (χ0n) is 16.8. The highest BCUT2D eigenvalue weighted by Crippen LogP contribution is 2.26. The van der Waals surface area contributed by atoms with Gasteiger partial charge in [-0.2, -0.15) is 0 Å². The second-order valence-corrected chi connectivity index (χ2v) is 8.08. The number of amides is 2. The lowest BCUT2D eigenvalue weighted by Gasteiger charge is -2.24. The standard InChI is InChI=1S/C20H32N6O2/c1-25(14-18-22-9-7-17(21)24-18)16-8-10-26(13-16)20(28)12-23-19(27)11-15-5-3-2-4-6-15/h7,9,15-16H,2-6,8,10-14H2,1H3,(H,23,27)(H2,21,22,24)/t16-/m1/s1. The molecule has 1 aromatic rings. The summed E-state index contributed by atoms with van der Waals surface area (Å²) in [6.45, 7) is 2.07. The van der Waals surface area contributed by atoms with E-state index < -0.39 is 0 Å². The van der Waals surface area contributed by atoms with E-state index in [1.807, 2.05) is 11.9 Å². The van der Waals surface area contributed by atoms with E-state index in [2.05, 4.69) is 20.2 Å². The molecule has 2 amide bonds. The van der Waals surface area contributed by atoms with Crippen LogP contribution in [0.5, 0.6) is 0 Å². The van der Waals surface area contributed by atoms with Crippen LogP contribution in [0.25, 0.3) is 0 Å². The molecule has 1 aliphatic carbocycles. The number of likely N-dealkylation sites (tertiary alicyclic amines) is 1. The maximum absolute atomic E-state index is 12.5. The van der Waals surface area contributed by atoms with Crippen LogP contribution in [0.4, 0.5) is 5.82 Å². The van der Waals surface area contributed by atoms with Gasteiger partial charge in [0, 0.05) is 31.7 Å². The predicted molar refractivity (Wildman–Crippen MR) is 107 cm³/mol. The second kappa shape index (κ2) is 9.82. The minimum absolute atomic E-state index is 0.00639. The third-order valence-electron chi connectivity index (χ3n) is 5.89. The molecule has 1 aliphatic heterocycles. The van der Waals surface area contributed by atoms with Crippen molar-refractivity contribution in [1.82, 2.24) is 25.1 Å². The zero-order chi connectivity index (χ0) is 19.9. The van der Waals surface area contributed by atoms with Crippen LogP contribution in [0.15, 0.2) is 12.3 Å². The predicted octanol–water partition coefficient (Wildman–Crippen LogP) is 1.18. The largest absolute Gasteiger partial charge is 0.384 e. The van der Waals surface area contributed by atoms with Crippen molar-refractivity contribution in [3.05, 3.63) is 18.1 Å². The van der Waals surface area contributed by atoms with E-state index in [1.165, 1.54) is 19.3 Å². The number of hydrogen-bond donors (Lipinski definition) is 2. The Morgan fingerprint density at radius 2 is 2.07 bits per heavy atom. The first kappa shape index (κ1) is 20.5. The summed E-state index contributed by atoms with van der Waals surface area (Å²) in [5, 5.41) is 2.82. The van der Waals surface area contributed by atoms with Gasteiger partial charge in [-0.05, 0) is 38.3 Å². The van der Waals surface area contributed by atoms with Gasteiger partial charge in [-0.25, -0.2) is 9.97 Å².